The van der Waals surface area contributed by atoms with Crippen LogP contribution < -0.4 is 0 Å². The molecule has 0 aromatic rings. The van der Waals surface area contributed by atoms with E-state index in [1.54, 1.807) is 0 Å². The summed E-state index contributed by atoms with van der Waals surface area (Å²) in [6, 6.07) is 0. The molecule has 15 heavy (non-hydrogen) atoms. The average molecular weight is 215 g/mol. The van der Waals surface area contributed by atoms with E-state index in [1.165, 1.54) is 6.08 Å². The lowest BCUT2D eigenvalue weighted by atomic mass is 9.96. The third-order valence-corrected chi connectivity index (χ3v) is 2.34. The fraction of sp³-hybridized carbons (Fsp3) is 0.375. The van der Waals surface area contributed by atoms with Gasteiger partial charge in [-0.25, -0.2) is 4.79 Å². The van der Waals surface area contributed by atoms with Crippen LogP contribution in [0.5, 0.6) is 0 Å². The maximum Gasteiger partial charge on any atom is 0.349 e. The summed E-state index contributed by atoms with van der Waals surface area (Å²) >= 11 is 0. The first kappa shape index (κ1) is 9.78. The summed E-state index contributed by atoms with van der Waals surface area (Å²) in [7, 11) is 1.05. The van der Waals surface area contributed by atoms with Crippen LogP contribution in [-0.2, 0) is 14.3 Å². The van der Waals surface area contributed by atoms with Crippen LogP contribution in [0.15, 0.2) is 23.9 Å². The minimum atomic E-state index is -2.70. The summed E-state index contributed by atoms with van der Waals surface area (Å²) in [5.41, 5.74) is -2.77. The van der Waals surface area contributed by atoms with Crippen LogP contribution in [0.4, 0.5) is 4.39 Å². The summed E-state index contributed by atoms with van der Waals surface area (Å²) in [6.07, 6.45) is 3.25. The number of nitro groups is 1. The Hall–Kier alpha value is -1.76. The molecule has 0 aromatic carbocycles. The Bertz CT molecular complexity index is 417. The van der Waals surface area contributed by atoms with Gasteiger partial charge in [0.15, 0.2) is 0 Å². The van der Waals surface area contributed by atoms with Gasteiger partial charge in [0.25, 0.3) is 5.60 Å². The molecule has 7 heteroatoms. The molecule has 6 nitrogen and oxygen atoms in total. The van der Waals surface area contributed by atoms with Gasteiger partial charge in [0.1, 0.15) is 0 Å². The summed E-state index contributed by atoms with van der Waals surface area (Å²) in [5.74, 6) is -3.69. The molecule has 2 aliphatic rings. The SMILES string of the molecule is COC(=O)C12C=CC=C([N+](=O)[O-])C1(F)O2. The van der Waals surface area contributed by atoms with Crippen molar-refractivity contribution in [2.45, 2.75) is 11.5 Å². The van der Waals surface area contributed by atoms with Gasteiger partial charge in [-0.05, 0) is 6.08 Å². The van der Waals surface area contributed by atoms with Crippen molar-refractivity contribution in [2.75, 3.05) is 7.11 Å². The predicted molar refractivity (Wildman–Crippen MR) is 43.9 cm³/mol. The van der Waals surface area contributed by atoms with Gasteiger partial charge < -0.3 is 9.47 Å². The van der Waals surface area contributed by atoms with Gasteiger partial charge in [-0.1, -0.05) is 6.08 Å². The zero-order valence-corrected chi connectivity index (χ0v) is 7.60. The lowest BCUT2D eigenvalue weighted by molar-refractivity contribution is -0.440. The molecule has 1 heterocycles. The maximum absolute atomic E-state index is 13.9. The number of carbonyl (C=O) groups excluding carboxylic acids is 1. The van der Waals surface area contributed by atoms with Crippen molar-refractivity contribution in [2.24, 2.45) is 0 Å². The molecule has 0 radical (unpaired) electrons. The monoisotopic (exact) mass is 215 g/mol. The Morgan fingerprint density at radius 3 is 2.93 bits per heavy atom. The van der Waals surface area contributed by atoms with E-state index in [0.29, 0.717) is 0 Å². The van der Waals surface area contributed by atoms with Crippen LogP contribution in [0.1, 0.15) is 0 Å². The number of epoxide rings is 1. The molecular formula is C8H6FNO5. The van der Waals surface area contributed by atoms with E-state index < -0.39 is 28.0 Å². The highest BCUT2D eigenvalue weighted by Gasteiger charge is 2.83. The molecule has 1 fully saturated rings. The Balaban J connectivity index is 2.41. The van der Waals surface area contributed by atoms with E-state index in [4.69, 9.17) is 0 Å². The molecule has 2 atom stereocenters. The number of methoxy groups -OCH3 is 1. The maximum atomic E-state index is 13.9. The molecule has 1 aliphatic carbocycles. The van der Waals surface area contributed by atoms with Gasteiger partial charge in [0.2, 0.25) is 0 Å². The average Bonchev–Trinajstić information content (AvgIpc) is 2.83. The Morgan fingerprint density at radius 2 is 2.40 bits per heavy atom. The number of hydrogen-bond acceptors (Lipinski definition) is 5. The molecule has 1 aliphatic heterocycles. The van der Waals surface area contributed by atoms with Crippen LogP contribution in [0.3, 0.4) is 0 Å². The molecule has 0 spiro atoms. The minimum absolute atomic E-state index is 0.796. The highest BCUT2D eigenvalue weighted by Crippen LogP contribution is 2.57. The standard InChI is InChI=1S/C8H6FNO5/c1-14-6(11)7-4-2-3-5(10(12)13)8(7,9)15-7/h2-4H,1H3. The van der Waals surface area contributed by atoms with Gasteiger partial charge in [-0.3, -0.25) is 10.1 Å². The number of fused-ring (bicyclic) bond motifs is 1. The van der Waals surface area contributed by atoms with E-state index in [9.17, 15) is 19.3 Å². The second-order valence-corrected chi connectivity index (χ2v) is 3.09. The van der Waals surface area contributed by atoms with Crippen molar-refractivity contribution < 1.29 is 23.6 Å². The first-order valence-corrected chi connectivity index (χ1v) is 4.00. The van der Waals surface area contributed by atoms with Crippen molar-refractivity contribution in [3.8, 4) is 0 Å². The van der Waals surface area contributed by atoms with E-state index in [2.05, 4.69) is 9.47 Å². The van der Waals surface area contributed by atoms with Crippen LogP contribution >= 0.6 is 0 Å². The topological polar surface area (TPSA) is 82.0 Å². The highest BCUT2D eigenvalue weighted by atomic mass is 19.2. The van der Waals surface area contributed by atoms with Crippen molar-refractivity contribution in [1.29, 1.82) is 0 Å². The number of esters is 1. The van der Waals surface area contributed by atoms with Gasteiger partial charge in [-0.15, -0.1) is 0 Å². The van der Waals surface area contributed by atoms with Gasteiger partial charge in [-0.2, -0.15) is 4.39 Å². The third kappa shape index (κ3) is 0.977. The Kier molecular flexibility index (Phi) is 1.72. The van der Waals surface area contributed by atoms with E-state index in [0.717, 1.165) is 19.3 Å². The number of hydrogen-bond donors (Lipinski definition) is 0. The van der Waals surface area contributed by atoms with Gasteiger partial charge in [0.05, 0.1) is 12.0 Å². The summed E-state index contributed by atoms with van der Waals surface area (Å²) < 4.78 is 22.7. The quantitative estimate of drug-likeness (QED) is 0.287. The fourth-order valence-corrected chi connectivity index (χ4v) is 1.53. The molecule has 0 saturated carbocycles. The van der Waals surface area contributed by atoms with Crippen molar-refractivity contribution in [3.05, 3.63) is 34.0 Å². The molecule has 1 saturated heterocycles. The molecule has 0 bridgehead atoms. The largest absolute Gasteiger partial charge is 0.466 e. The second kappa shape index (κ2) is 2.63. The zero-order valence-electron chi connectivity index (χ0n) is 7.60. The molecule has 80 valence electrons. The normalized spacial score (nSPS) is 36.5. The van der Waals surface area contributed by atoms with Crippen molar-refractivity contribution in [3.63, 3.8) is 0 Å². The summed E-state index contributed by atoms with van der Waals surface area (Å²) in [6.45, 7) is 0. The van der Waals surface area contributed by atoms with Crippen LogP contribution in [-0.4, -0.2) is 29.5 Å². The smallest absolute Gasteiger partial charge is 0.349 e. The molecule has 2 unspecified atom stereocenters. The number of carbonyl (C=O) groups is 1. The summed E-state index contributed by atoms with van der Waals surface area (Å²) in [4.78, 5) is 20.8. The van der Waals surface area contributed by atoms with Crippen LogP contribution in [0, 0.1) is 10.1 Å². The molecule has 0 N–H and O–H groups in total. The molecule has 0 aromatic heterocycles. The molecule has 2 rings (SSSR count). The van der Waals surface area contributed by atoms with E-state index in [-0.39, 0.29) is 0 Å². The minimum Gasteiger partial charge on any atom is -0.466 e. The van der Waals surface area contributed by atoms with Crippen LogP contribution in [0.25, 0.3) is 0 Å². The molecule has 0 amide bonds. The number of ether oxygens (including phenoxy) is 2. The summed E-state index contributed by atoms with van der Waals surface area (Å²) in [5, 5.41) is 10.5. The van der Waals surface area contributed by atoms with Gasteiger partial charge >= 0.3 is 17.5 Å². The van der Waals surface area contributed by atoms with E-state index in [1.807, 2.05) is 0 Å². The fourth-order valence-electron chi connectivity index (χ4n) is 1.53. The zero-order chi connectivity index (χ0) is 11.3. The van der Waals surface area contributed by atoms with Crippen LogP contribution in [0.2, 0.25) is 0 Å². The first-order valence-electron chi connectivity index (χ1n) is 4.00. The number of alkyl halides is 1. The Morgan fingerprint density at radius 1 is 1.73 bits per heavy atom. The van der Waals surface area contributed by atoms with Crippen molar-refractivity contribution in [1.82, 2.24) is 0 Å². The lowest BCUT2D eigenvalue weighted by Gasteiger charge is -2.09. The number of allylic oxidation sites excluding steroid dienone is 2. The predicted octanol–water partition coefficient (Wildman–Crippen LogP) is 0.325. The second-order valence-electron chi connectivity index (χ2n) is 3.09. The number of halogens is 1. The lowest BCUT2D eigenvalue weighted by Crippen LogP contribution is -2.35. The third-order valence-electron chi connectivity index (χ3n) is 2.34. The number of rotatable bonds is 2. The first-order chi connectivity index (χ1) is 6.98. The van der Waals surface area contributed by atoms with Gasteiger partial charge in [0, 0.05) is 6.08 Å². The Labute approximate surface area is 83.1 Å². The number of nitrogens with zero attached hydrogens (tertiary/aromatic N) is 1. The highest BCUT2D eigenvalue weighted by molar-refractivity contribution is 5.88. The molecular weight excluding hydrogens is 209 g/mol. The van der Waals surface area contributed by atoms with Crippen molar-refractivity contribution >= 4 is 5.97 Å². The van der Waals surface area contributed by atoms with E-state index >= 15 is 0 Å².